The number of hydrogen-bond donors (Lipinski definition) is 3. The summed E-state index contributed by atoms with van der Waals surface area (Å²) in [6.45, 7) is 1.21. The van der Waals surface area contributed by atoms with Crippen LogP contribution in [0.15, 0.2) is 0 Å². The predicted molar refractivity (Wildman–Crippen MR) is 64.2 cm³/mol. The molecular formula is C12H18N2O5. The molecule has 7 heteroatoms. The molecule has 2 aliphatic rings. The second-order valence-electron chi connectivity index (χ2n) is 5.12. The number of carboxylic acids is 1. The van der Waals surface area contributed by atoms with E-state index in [-0.39, 0.29) is 24.8 Å². The number of nitrogens with one attached hydrogen (secondary N) is 2. The number of aliphatic carboxylic acids is 1. The number of rotatable bonds is 4. The average molecular weight is 270 g/mol. The van der Waals surface area contributed by atoms with E-state index in [9.17, 15) is 19.5 Å². The molecule has 2 amide bonds. The molecule has 1 unspecified atom stereocenters. The van der Waals surface area contributed by atoms with E-state index < -0.39 is 17.3 Å². The summed E-state index contributed by atoms with van der Waals surface area (Å²) < 4.78 is 5.16. The highest BCUT2D eigenvalue weighted by Gasteiger charge is 2.41. The van der Waals surface area contributed by atoms with Crippen LogP contribution in [0.25, 0.3) is 0 Å². The Bertz CT molecular complexity index is 390. The summed E-state index contributed by atoms with van der Waals surface area (Å²) in [5, 5.41) is 14.6. The zero-order valence-electron chi connectivity index (χ0n) is 10.6. The first-order valence-electron chi connectivity index (χ1n) is 6.39. The summed E-state index contributed by atoms with van der Waals surface area (Å²) in [6.07, 6.45) is 0.962. The van der Waals surface area contributed by atoms with E-state index in [0.29, 0.717) is 32.6 Å². The van der Waals surface area contributed by atoms with Crippen molar-refractivity contribution in [2.75, 3.05) is 26.3 Å². The summed E-state index contributed by atoms with van der Waals surface area (Å²) in [7, 11) is 0. The van der Waals surface area contributed by atoms with Crippen molar-refractivity contribution in [2.45, 2.75) is 19.3 Å². The van der Waals surface area contributed by atoms with Gasteiger partial charge in [-0.3, -0.25) is 14.4 Å². The monoisotopic (exact) mass is 270 g/mol. The van der Waals surface area contributed by atoms with E-state index in [0.717, 1.165) is 0 Å². The standard InChI is InChI=1S/C12H18N2O5/c15-9-5-8(6-13-9)10(16)14-7-12(11(17)18)1-3-19-4-2-12/h8H,1-7H2,(H,13,15)(H,14,16)(H,17,18). The van der Waals surface area contributed by atoms with E-state index in [2.05, 4.69) is 10.6 Å². The van der Waals surface area contributed by atoms with E-state index in [1.165, 1.54) is 0 Å². The Balaban J connectivity index is 1.90. The minimum absolute atomic E-state index is 0.0925. The fraction of sp³-hybridized carbons (Fsp3) is 0.750. The van der Waals surface area contributed by atoms with Gasteiger partial charge in [0.1, 0.15) is 0 Å². The molecule has 0 aromatic rings. The van der Waals surface area contributed by atoms with Crippen molar-refractivity contribution < 1.29 is 24.2 Å². The summed E-state index contributed by atoms with van der Waals surface area (Å²) >= 11 is 0. The minimum Gasteiger partial charge on any atom is -0.481 e. The lowest BCUT2D eigenvalue weighted by Gasteiger charge is -2.33. The third-order valence-corrected chi connectivity index (χ3v) is 3.85. The number of amides is 2. The highest BCUT2D eigenvalue weighted by molar-refractivity contribution is 5.89. The number of carbonyl (C=O) groups is 3. The fourth-order valence-electron chi connectivity index (χ4n) is 2.42. The van der Waals surface area contributed by atoms with Crippen LogP contribution in [0.1, 0.15) is 19.3 Å². The quantitative estimate of drug-likeness (QED) is 0.615. The molecule has 0 bridgehead atoms. The third-order valence-electron chi connectivity index (χ3n) is 3.85. The van der Waals surface area contributed by atoms with Crippen molar-refractivity contribution in [1.82, 2.24) is 10.6 Å². The van der Waals surface area contributed by atoms with Gasteiger partial charge in [-0.15, -0.1) is 0 Å². The molecule has 2 aliphatic heterocycles. The summed E-state index contributed by atoms with van der Waals surface area (Å²) in [6, 6.07) is 0. The van der Waals surface area contributed by atoms with Crippen LogP contribution in [0.2, 0.25) is 0 Å². The molecule has 19 heavy (non-hydrogen) atoms. The van der Waals surface area contributed by atoms with Crippen molar-refractivity contribution in [2.24, 2.45) is 11.3 Å². The molecule has 2 rings (SSSR count). The number of carbonyl (C=O) groups excluding carboxylic acids is 2. The molecule has 0 radical (unpaired) electrons. The van der Waals surface area contributed by atoms with Gasteiger partial charge in [0.15, 0.2) is 0 Å². The van der Waals surface area contributed by atoms with Crippen molar-refractivity contribution in [3.8, 4) is 0 Å². The zero-order valence-corrected chi connectivity index (χ0v) is 10.6. The molecule has 3 N–H and O–H groups in total. The average Bonchev–Trinajstić information content (AvgIpc) is 2.83. The molecular weight excluding hydrogens is 252 g/mol. The smallest absolute Gasteiger partial charge is 0.311 e. The second kappa shape index (κ2) is 5.56. The Morgan fingerprint density at radius 3 is 2.63 bits per heavy atom. The van der Waals surface area contributed by atoms with Crippen molar-refractivity contribution in [1.29, 1.82) is 0 Å². The van der Waals surface area contributed by atoms with Gasteiger partial charge in [0.05, 0.1) is 11.3 Å². The molecule has 0 aromatic heterocycles. The van der Waals surface area contributed by atoms with Gasteiger partial charge in [0, 0.05) is 32.7 Å². The molecule has 106 valence electrons. The largest absolute Gasteiger partial charge is 0.481 e. The molecule has 0 spiro atoms. The van der Waals surface area contributed by atoms with Gasteiger partial charge in [0.25, 0.3) is 0 Å². The van der Waals surface area contributed by atoms with E-state index >= 15 is 0 Å². The molecule has 2 fully saturated rings. The van der Waals surface area contributed by atoms with E-state index in [1.807, 2.05) is 0 Å². The van der Waals surface area contributed by atoms with Crippen molar-refractivity contribution in [3.63, 3.8) is 0 Å². The lowest BCUT2D eigenvalue weighted by atomic mass is 9.80. The Hall–Kier alpha value is -1.63. The summed E-state index contributed by atoms with van der Waals surface area (Å²) in [5.41, 5.74) is -0.941. The molecule has 0 aliphatic carbocycles. The number of ether oxygens (including phenoxy) is 1. The summed E-state index contributed by atoms with van der Waals surface area (Å²) in [4.78, 5) is 34.3. The predicted octanol–water partition coefficient (Wildman–Crippen LogP) is -0.880. The van der Waals surface area contributed by atoms with Crippen molar-refractivity contribution in [3.05, 3.63) is 0 Å². The van der Waals surface area contributed by atoms with E-state index in [4.69, 9.17) is 4.74 Å². The van der Waals surface area contributed by atoms with Crippen molar-refractivity contribution >= 4 is 17.8 Å². The van der Waals surface area contributed by atoms with Gasteiger partial charge in [-0.2, -0.15) is 0 Å². The Kier molecular flexibility index (Phi) is 4.04. The molecule has 2 saturated heterocycles. The van der Waals surface area contributed by atoms with Crippen LogP contribution >= 0.6 is 0 Å². The fourth-order valence-corrected chi connectivity index (χ4v) is 2.42. The topological polar surface area (TPSA) is 105 Å². The first kappa shape index (κ1) is 13.8. The Morgan fingerprint density at radius 2 is 2.11 bits per heavy atom. The SMILES string of the molecule is O=C1CC(C(=O)NCC2(C(=O)O)CCOCC2)CN1. The van der Waals surface area contributed by atoms with Crippen LogP contribution in [-0.2, 0) is 19.1 Å². The Morgan fingerprint density at radius 1 is 1.42 bits per heavy atom. The normalized spacial score (nSPS) is 25.7. The lowest BCUT2D eigenvalue weighted by molar-refractivity contribution is -0.154. The molecule has 0 saturated carbocycles. The zero-order chi connectivity index (χ0) is 13.9. The molecule has 2 heterocycles. The van der Waals surface area contributed by atoms with Crippen LogP contribution in [0.3, 0.4) is 0 Å². The second-order valence-corrected chi connectivity index (χ2v) is 5.12. The number of hydrogen-bond acceptors (Lipinski definition) is 4. The maximum atomic E-state index is 11.9. The van der Waals surface area contributed by atoms with E-state index in [1.54, 1.807) is 0 Å². The van der Waals surface area contributed by atoms with Gasteiger partial charge in [-0.1, -0.05) is 0 Å². The first-order valence-corrected chi connectivity index (χ1v) is 6.39. The van der Waals surface area contributed by atoms with Gasteiger partial charge in [0.2, 0.25) is 11.8 Å². The Labute approximate surface area is 110 Å². The van der Waals surface area contributed by atoms with Gasteiger partial charge < -0.3 is 20.5 Å². The number of carboxylic acid groups (broad SMARTS) is 1. The van der Waals surface area contributed by atoms with Crippen LogP contribution in [0.5, 0.6) is 0 Å². The van der Waals surface area contributed by atoms with Crippen LogP contribution in [0, 0.1) is 11.3 Å². The highest BCUT2D eigenvalue weighted by Crippen LogP contribution is 2.30. The van der Waals surface area contributed by atoms with Crippen LogP contribution in [-0.4, -0.2) is 49.2 Å². The van der Waals surface area contributed by atoms with Crippen LogP contribution in [0.4, 0.5) is 0 Å². The summed E-state index contributed by atoms with van der Waals surface area (Å²) in [5.74, 6) is -1.69. The molecule has 0 aromatic carbocycles. The first-order chi connectivity index (χ1) is 9.03. The maximum absolute atomic E-state index is 11.9. The van der Waals surface area contributed by atoms with Crippen LogP contribution < -0.4 is 10.6 Å². The highest BCUT2D eigenvalue weighted by atomic mass is 16.5. The lowest BCUT2D eigenvalue weighted by Crippen LogP contribution is -2.47. The molecule has 7 nitrogen and oxygen atoms in total. The van der Waals surface area contributed by atoms with Gasteiger partial charge in [-0.05, 0) is 12.8 Å². The molecule has 1 atom stereocenters. The van der Waals surface area contributed by atoms with Gasteiger partial charge in [-0.25, -0.2) is 0 Å². The minimum atomic E-state index is -0.941. The third kappa shape index (κ3) is 3.04. The maximum Gasteiger partial charge on any atom is 0.311 e. The van der Waals surface area contributed by atoms with Gasteiger partial charge >= 0.3 is 5.97 Å².